The first kappa shape index (κ1) is 14.2. The van der Waals surface area contributed by atoms with Gasteiger partial charge in [0.05, 0.1) is 11.9 Å². The number of hydrogen-bond acceptors (Lipinski definition) is 5. The van der Waals surface area contributed by atoms with Crippen molar-refractivity contribution in [1.82, 2.24) is 24.7 Å². The van der Waals surface area contributed by atoms with Gasteiger partial charge in [0.1, 0.15) is 5.82 Å². The lowest BCUT2D eigenvalue weighted by Gasteiger charge is -2.11. The van der Waals surface area contributed by atoms with Crippen molar-refractivity contribution in [3.8, 4) is 11.4 Å². The molecular formula is C16H18N6. The molecule has 0 atom stereocenters. The molecule has 0 aliphatic rings. The Bertz CT molecular complexity index is 779. The van der Waals surface area contributed by atoms with Crippen LogP contribution in [0.1, 0.15) is 18.2 Å². The lowest BCUT2D eigenvalue weighted by molar-refractivity contribution is 0.660. The Morgan fingerprint density at radius 2 is 1.91 bits per heavy atom. The maximum absolute atomic E-state index is 4.65. The number of nitrogens with zero attached hydrogens (tertiary/aromatic N) is 5. The number of pyridine rings is 1. The van der Waals surface area contributed by atoms with Gasteiger partial charge >= 0.3 is 0 Å². The first-order valence-electron chi connectivity index (χ1n) is 7.22. The summed E-state index contributed by atoms with van der Waals surface area (Å²) in [5.74, 6) is 1.49. The molecule has 0 spiro atoms. The van der Waals surface area contributed by atoms with Gasteiger partial charge in [-0.3, -0.25) is 9.67 Å². The van der Waals surface area contributed by atoms with E-state index in [9.17, 15) is 0 Å². The zero-order valence-electron chi connectivity index (χ0n) is 12.9. The molecule has 1 N–H and O–H groups in total. The summed E-state index contributed by atoms with van der Waals surface area (Å²) in [7, 11) is 0. The Morgan fingerprint density at radius 3 is 2.59 bits per heavy atom. The molecule has 6 heteroatoms. The lowest BCUT2D eigenvalue weighted by Crippen LogP contribution is -2.03. The van der Waals surface area contributed by atoms with Gasteiger partial charge in [0.25, 0.3) is 0 Å². The van der Waals surface area contributed by atoms with E-state index < -0.39 is 0 Å². The first-order valence-corrected chi connectivity index (χ1v) is 7.22. The monoisotopic (exact) mass is 294 g/mol. The molecule has 0 aliphatic carbocycles. The fraction of sp³-hybridized carbons (Fsp3) is 0.250. The number of anilines is 2. The first-order chi connectivity index (χ1) is 10.7. The molecule has 6 nitrogen and oxygen atoms in total. The van der Waals surface area contributed by atoms with Crippen molar-refractivity contribution in [2.75, 3.05) is 5.32 Å². The average Bonchev–Trinajstić information content (AvgIpc) is 3.00. The van der Waals surface area contributed by atoms with Crippen molar-refractivity contribution < 1.29 is 0 Å². The quantitative estimate of drug-likeness (QED) is 0.800. The van der Waals surface area contributed by atoms with Gasteiger partial charge in [-0.1, -0.05) is 0 Å². The third-order valence-electron chi connectivity index (χ3n) is 3.55. The van der Waals surface area contributed by atoms with Crippen LogP contribution >= 0.6 is 0 Å². The second-order valence-corrected chi connectivity index (χ2v) is 5.05. The van der Waals surface area contributed by atoms with Gasteiger partial charge in [-0.05, 0) is 32.9 Å². The van der Waals surface area contributed by atoms with Crippen molar-refractivity contribution in [3.63, 3.8) is 0 Å². The van der Waals surface area contributed by atoms with Gasteiger partial charge in [0, 0.05) is 42.0 Å². The molecule has 0 fully saturated rings. The molecule has 0 saturated carbocycles. The van der Waals surface area contributed by atoms with Gasteiger partial charge in [0.15, 0.2) is 5.82 Å². The SMILES string of the molecule is CCn1cc(Nc2nc(-c3ccncc3)nc(C)c2C)cn1. The molecule has 0 saturated heterocycles. The van der Waals surface area contributed by atoms with Crippen LogP contribution in [0.3, 0.4) is 0 Å². The summed E-state index contributed by atoms with van der Waals surface area (Å²) in [6, 6.07) is 3.81. The lowest BCUT2D eigenvalue weighted by atomic mass is 10.2. The maximum Gasteiger partial charge on any atom is 0.161 e. The summed E-state index contributed by atoms with van der Waals surface area (Å²) in [5.41, 5.74) is 3.85. The average molecular weight is 294 g/mol. The standard InChI is InChI=1S/C16H18N6/c1-4-22-10-14(9-18-22)20-15-11(2)12(3)19-16(21-15)13-5-7-17-8-6-13/h5-10H,4H2,1-3H3,(H,19,20,21). The zero-order chi connectivity index (χ0) is 15.5. The number of rotatable bonds is 4. The molecule has 0 bridgehead atoms. The van der Waals surface area contributed by atoms with Crippen LogP contribution in [0.4, 0.5) is 11.5 Å². The van der Waals surface area contributed by atoms with Crippen LogP contribution in [-0.2, 0) is 6.54 Å². The number of aryl methyl sites for hydroxylation is 2. The minimum Gasteiger partial charge on any atom is -0.337 e. The summed E-state index contributed by atoms with van der Waals surface area (Å²) in [6.45, 7) is 6.89. The summed E-state index contributed by atoms with van der Waals surface area (Å²) in [4.78, 5) is 13.2. The van der Waals surface area contributed by atoms with Crippen LogP contribution in [0.25, 0.3) is 11.4 Å². The smallest absolute Gasteiger partial charge is 0.161 e. The largest absolute Gasteiger partial charge is 0.337 e. The van der Waals surface area contributed by atoms with E-state index in [1.807, 2.05) is 36.9 Å². The van der Waals surface area contributed by atoms with Crippen LogP contribution in [0.15, 0.2) is 36.9 Å². The zero-order valence-corrected chi connectivity index (χ0v) is 12.9. The Kier molecular flexibility index (Phi) is 3.82. The third-order valence-corrected chi connectivity index (χ3v) is 3.55. The summed E-state index contributed by atoms with van der Waals surface area (Å²) in [6.07, 6.45) is 7.24. The molecule has 0 aliphatic heterocycles. The van der Waals surface area contributed by atoms with Crippen LogP contribution in [0.2, 0.25) is 0 Å². The molecule has 0 aromatic carbocycles. The van der Waals surface area contributed by atoms with Crippen LogP contribution < -0.4 is 5.32 Å². The fourth-order valence-corrected chi connectivity index (χ4v) is 2.12. The van der Waals surface area contributed by atoms with E-state index in [1.165, 1.54) is 0 Å². The third kappa shape index (κ3) is 2.81. The van der Waals surface area contributed by atoms with Gasteiger partial charge in [-0.25, -0.2) is 9.97 Å². The number of aromatic nitrogens is 5. The van der Waals surface area contributed by atoms with E-state index >= 15 is 0 Å². The van der Waals surface area contributed by atoms with E-state index in [1.54, 1.807) is 18.6 Å². The molecular weight excluding hydrogens is 276 g/mol. The molecule has 22 heavy (non-hydrogen) atoms. The highest BCUT2D eigenvalue weighted by Crippen LogP contribution is 2.23. The Hall–Kier alpha value is -2.76. The summed E-state index contributed by atoms with van der Waals surface area (Å²) in [5, 5.41) is 7.59. The molecule has 112 valence electrons. The highest BCUT2D eigenvalue weighted by Gasteiger charge is 2.10. The molecule has 3 aromatic rings. The number of hydrogen-bond donors (Lipinski definition) is 1. The molecule has 3 heterocycles. The minimum atomic E-state index is 0.691. The van der Waals surface area contributed by atoms with E-state index in [-0.39, 0.29) is 0 Å². The molecule has 0 unspecified atom stereocenters. The van der Waals surface area contributed by atoms with E-state index in [0.29, 0.717) is 5.82 Å². The van der Waals surface area contributed by atoms with E-state index in [2.05, 4.69) is 32.3 Å². The highest BCUT2D eigenvalue weighted by atomic mass is 15.3. The van der Waals surface area contributed by atoms with Crippen molar-refractivity contribution in [2.24, 2.45) is 0 Å². The van der Waals surface area contributed by atoms with Crippen LogP contribution in [-0.4, -0.2) is 24.7 Å². The molecule has 0 radical (unpaired) electrons. The predicted octanol–water partition coefficient (Wildman–Crippen LogP) is 3.12. The van der Waals surface area contributed by atoms with Crippen LogP contribution in [0.5, 0.6) is 0 Å². The van der Waals surface area contributed by atoms with E-state index in [4.69, 9.17) is 0 Å². The summed E-state index contributed by atoms with van der Waals surface area (Å²) >= 11 is 0. The van der Waals surface area contributed by atoms with Crippen LogP contribution in [0, 0.1) is 13.8 Å². The fourth-order valence-electron chi connectivity index (χ4n) is 2.12. The highest BCUT2D eigenvalue weighted by molar-refractivity contribution is 5.63. The number of nitrogens with one attached hydrogen (secondary N) is 1. The van der Waals surface area contributed by atoms with Crippen molar-refractivity contribution >= 4 is 11.5 Å². The Balaban J connectivity index is 1.98. The Labute approximate surface area is 129 Å². The molecule has 3 aromatic heterocycles. The Morgan fingerprint density at radius 1 is 1.14 bits per heavy atom. The molecule has 3 rings (SSSR count). The van der Waals surface area contributed by atoms with Gasteiger partial charge in [-0.2, -0.15) is 5.10 Å². The van der Waals surface area contributed by atoms with Gasteiger partial charge < -0.3 is 5.32 Å². The second kappa shape index (κ2) is 5.93. The van der Waals surface area contributed by atoms with Crippen molar-refractivity contribution in [1.29, 1.82) is 0 Å². The predicted molar refractivity (Wildman–Crippen MR) is 85.9 cm³/mol. The molecule has 0 amide bonds. The summed E-state index contributed by atoms with van der Waals surface area (Å²) < 4.78 is 1.87. The normalized spacial score (nSPS) is 10.7. The van der Waals surface area contributed by atoms with Crippen molar-refractivity contribution in [3.05, 3.63) is 48.2 Å². The maximum atomic E-state index is 4.65. The topological polar surface area (TPSA) is 68.5 Å². The van der Waals surface area contributed by atoms with Crippen molar-refractivity contribution in [2.45, 2.75) is 27.3 Å². The minimum absolute atomic E-state index is 0.691. The second-order valence-electron chi connectivity index (χ2n) is 5.05. The van der Waals surface area contributed by atoms with Gasteiger partial charge in [-0.15, -0.1) is 0 Å². The van der Waals surface area contributed by atoms with E-state index in [0.717, 1.165) is 34.9 Å². The van der Waals surface area contributed by atoms with Gasteiger partial charge in [0.2, 0.25) is 0 Å².